The first-order chi connectivity index (χ1) is 15.0. The van der Waals surface area contributed by atoms with Crippen molar-refractivity contribution in [2.75, 3.05) is 12.3 Å². The Morgan fingerprint density at radius 1 is 1.16 bits per heavy atom. The van der Waals surface area contributed by atoms with Gasteiger partial charge in [-0.2, -0.15) is 13.2 Å². The fourth-order valence-electron chi connectivity index (χ4n) is 4.12. The molecule has 0 heterocycles. The molecule has 7 heteroatoms. The third-order valence-electron chi connectivity index (χ3n) is 6.16. The Bertz CT molecular complexity index is 966. The highest BCUT2D eigenvalue weighted by Gasteiger charge is 2.40. The number of ether oxygens (including phenoxy) is 1. The highest BCUT2D eigenvalue weighted by atomic mass is 19.4. The number of aliphatic carboxylic acids is 1. The topological polar surface area (TPSA) is 72.5 Å². The fourth-order valence-corrected chi connectivity index (χ4v) is 4.12. The number of hydrogen-bond donors (Lipinski definition) is 2. The number of nitrogen functional groups attached to an aromatic ring is 1. The first-order valence-corrected chi connectivity index (χ1v) is 11.0. The average molecular weight is 450 g/mol. The summed E-state index contributed by atoms with van der Waals surface area (Å²) >= 11 is 0. The second-order valence-corrected chi connectivity index (χ2v) is 9.10. The van der Waals surface area contributed by atoms with E-state index in [4.69, 9.17) is 10.5 Å². The van der Waals surface area contributed by atoms with Gasteiger partial charge in [0, 0.05) is 5.56 Å². The lowest BCUT2D eigenvalue weighted by atomic mass is 9.71. The van der Waals surface area contributed by atoms with Gasteiger partial charge in [-0.05, 0) is 72.9 Å². The van der Waals surface area contributed by atoms with Gasteiger partial charge in [0.2, 0.25) is 0 Å². The normalized spacial score (nSPS) is 16.1. The number of carbonyl (C=O) groups is 1. The highest BCUT2D eigenvalue weighted by molar-refractivity contribution is 5.86. The molecule has 0 aliphatic heterocycles. The molecule has 1 unspecified atom stereocenters. The molecule has 3 N–H and O–H groups in total. The van der Waals surface area contributed by atoms with Crippen LogP contribution in [0, 0.1) is 11.8 Å². The van der Waals surface area contributed by atoms with Crippen LogP contribution in [-0.4, -0.2) is 17.7 Å². The van der Waals surface area contributed by atoms with E-state index in [-0.39, 0.29) is 5.92 Å². The molecule has 1 saturated carbocycles. The van der Waals surface area contributed by atoms with Crippen molar-refractivity contribution < 1.29 is 27.8 Å². The van der Waals surface area contributed by atoms with Gasteiger partial charge in [-0.3, -0.25) is 4.79 Å². The second-order valence-electron chi connectivity index (χ2n) is 9.10. The predicted molar refractivity (Wildman–Crippen MR) is 119 cm³/mol. The molecule has 1 fully saturated rings. The molecule has 3 rings (SSSR count). The summed E-state index contributed by atoms with van der Waals surface area (Å²) in [6, 6.07) is 8.13. The Kier molecular flexibility index (Phi) is 6.77. The highest BCUT2D eigenvalue weighted by Crippen LogP contribution is 2.44. The summed E-state index contributed by atoms with van der Waals surface area (Å²) in [6.07, 6.45) is -1.52. The SMILES string of the molecule is CCC(CC(C)C)(C(=O)O)c1cc(OCC2CC2)c(N)c(-c2ccc(C(F)(F)F)cc2)c1. The maximum Gasteiger partial charge on any atom is 0.416 e. The Hall–Kier alpha value is -2.70. The van der Waals surface area contributed by atoms with Crippen molar-refractivity contribution in [1.82, 2.24) is 0 Å². The number of alkyl halides is 3. The van der Waals surface area contributed by atoms with Crippen LogP contribution in [-0.2, 0) is 16.4 Å². The number of benzene rings is 2. The van der Waals surface area contributed by atoms with Crippen LogP contribution in [0.5, 0.6) is 5.75 Å². The maximum atomic E-state index is 13.0. The molecular weight excluding hydrogens is 419 g/mol. The van der Waals surface area contributed by atoms with Crippen molar-refractivity contribution in [3.05, 3.63) is 47.5 Å². The van der Waals surface area contributed by atoms with Gasteiger partial charge in [0.1, 0.15) is 5.75 Å². The summed E-state index contributed by atoms with van der Waals surface area (Å²) in [4.78, 5) is 12.5. The number of carboxylic acids is 1. The molecule has 0 radical (unpaired) electrons. The van der Waals surface area contributed by atoms with E-state index in [1.54, 1.807) is 12.1 Å². The van der Waals surface area contributed by atoms with Crippen LogP contribution in [0.2, 0.25) is 0 Å². The third kappa shape index (κ3) is 5.03. The number of rotatable bonds is 9. The van der Waals surface area contributed by atoms with Crippen LogP contribution in [0.3, 0.4) is 0 Å². The standard InChI is InChI=1S/C25H30F3NO3/c1-4-24(23(30)31,13-15(2)3)19-11-20(17-7-9-18(10-8-17)25(26,27)28)22(29)21(12-19)32-14-16-5-6-16/h7-12,15-16H,4-6,13-14,29H2,1-3H3,(H,30,31). The van der Waals surface area contributed by atoms with Crippen molar-refractivity contribution in [1.29, 1.82) is 0 Å². The molecule has 0 saturated heterocycles. The molecule has 2 aromatic carbocycles. The van der Waals surface area contributed by atoms with Gasteiger partial charge in [0.25, 0.3) is 0 Å². The van der Waals surface area contributed by atoms with E-state index in [0.717, 1.165) is 25.0 Å². The Morgan fingerprint density at radius 2 is 1.78 bits per heavy atom. The summed E-state index contributed by atoms with van der Waals surface area (Å²) < 4.78 is 45.0. The van der Waals surface area contributed by atoms with E-state index in [1.165, 1.54) is 12.1 Å². The molecule has 1 aliphatic rings. The van der Waals surface area contributed by atoms with Crippen molar-refractivity contribution in [2.24, 2.45) is 11.8 Å². The smallest absolute Gasteiger partial charge is 0.416 e. The molecular formula is C25H30F3NO3. The predicted octanol–water partition coefficient (Wildman–Crippen LogP) is 6.52. The Balaban J connectivity index is 2.15. The van der Waals surface area contributed by atoms with Gasteiger partial charge in [0.05, 0.1) is 23.3 Å². The molecule has 0 aromatic heterocycles. The van der Waals surface area contributed by atoms with E-state index in [1.807, 2.05) is 20.8 Å². The first kappa shape index (κ1) is 24.0. The summed E-state index contributed by atoms with van der Waals surface area (Å²) in [5, 5.41) is 10.2. The van der Waals surface area contributed by atoms with Gasteiger partial charge in [-0.15, -0.1) is 0 Å². The fraction of sp³-hybridized carbons (Fsp3) is 0.480. The molecule has 0 amide bonds. The van der Waals surface area contributed by atoms with Gasteiger partial charge < -0.3 is 15.6 Å². The Labute approximate surface area is 186 Å². The summed E-state index contributed by atoms with van der Waals surface area (Å²) in [5.41, 5.74) is 6.28. The Morgan fingerprint density at radius 3 is 2.25 bits per heavy atom. The molecule has 32 heavy (non-hydrogen) atoms. The zero-order chi connectivity index (χ0) is 23.7. The lowest BCUT2D eigenvalue weighted by Gasteiger charge is -2.32. The first-order valence-electron chi connectivity index (χ1n) is 11.0. The number of halogens is 3. The number of nitrogens with two attached hydrogens (primary N) is 1. The zero-order valence-corrected chi connectivity index (χ0v) is 18.6. The molecule has 4 nitrogen and oxygen atoms in total. The molecule has 0 spiro atoms. The van der Waals surface area contributed by atoms with E-state index >= 15 is 0 Å². The number of hydrogen-bond acceptors (Lipinski definition) is 3. The van der Waals surface area contributed by atoms with Gasteiger partial charge in [-0.1, -0.05) is 32.9 Å². The van der Waals surface area contributed by atoms with Crippen LogP contribution in [0.25, 0.3) is 11.1 Å². The molecule has 2 aromatic rings. The van der Waals surface area contributed by atoms with Crippen LogP contribution < -0.4 is 10.5 Å². The van der Waals surface area contributed by atoms with Gasteiger partial charge >= 0.3 is 12.1 Å². The number of anilines is 1. The van der Waals surface area contributed by atoms with Crippen molar-refractivity contribution >= 4 is 11.7 Å². The second kappa shape index (κ2) is 9.04. The van der Waals surface area contributed by atoms with Gasteiger partial charge in [0.15, 0.2) is 0 Å². The number of carboxylic acid groups (broad SMARTS) is 1. The lowest BCUT2D eigenvalue weighted by Crippen LogP contribution is -2.36. The average Bonchev–Trinajstić information content (AvgIpc) is 3.55. The molecule has 1 aliphatic carbocycles. The minimum absolute atomic E-state index is 0.119. The molecule has 0 bridgehead atoms. The monoisotopic (exact) mass is 449 g/mol. The van der Waals surface area contributed by atoms with Crippen LogP contribution in [0.4, 0.5) is 18.9 Å². The van der Waals surface area contributed by atoms with Crippen molar-refractivity contribution in [3.8, 4) is 16.9 Å². The zero-order valence-electron chi connectivity index (χ0n) is 18.6. The maximum absolute atomic E-state index is 13.0. The van der Waals surface area contributed by atoms with Crippen molar-refractivity contribution in [2.45, 2.75) is 58.0 Å². The summed E-state index contributed by atoms with van der Waals surface area (Å²) in [7, 11) is 0. The summed E-state index contributed by atoms with van der Waals surface area (Å²) in [5.74, 6) is 0.0183. The molecule has 1 atom stereocenters. The van der Waals surface area contributed by atoms with Crippen LogP contribution >= 0.6 is 0 Å². The van der Waals surface area contributed by atoms with Gasteiger partial charge in [-0.25, -0.2) is 0 Å². The van der Waals surface area contributed by atoms with E-state index in [2.05, 4.69) is 0 Å². The third-order valence-corrected chi connectivity index (χ3v) is 6.16. The largest absolute Gasteiger partial charge is 0.491 e. The van der Waals surface area contributed by atoms with Crippen LogP contribution in [0.15, 0.2) is 36.4 Å². The van der Waals surface area contributed by atoms with E-state index in [9.17, 15) is 23.1 Å². The van der Waals surface area contributed by atoms with E-state index < -0.39 is 23.1 Å². The van der Waals surface area contributed by atoms with Crippen molar-refractivity contribution in [3.63, 3.8) is 0 Å². The summed E-state index contributed by atoms with van der Waals surface area (Å²) in [6.45, 7) is 6.24. The minimum atomic E-state index is -4.44. The quantitative estimate of drug-likeness (QED) is 0.427. The van der Waals surface area contributed by atoms with E-state index in [0.29, 0.717) is 53.5 Å². The molecule has 174 valence electrons. The lowest BCUT2D eigenvalue weighted by molar-refractivity contribution is -0.145. The minimum Gasteiger partial charge on any atom is -0.491 e. The van der Waals surface area contributed by atoms with Crippen LogP contribution in [0.1, 0.15) is 57.6 Å².